The van der Waals surface area contributed by atoms with Crippen molar-refractivity contribution >= 4 is 23.3 Å². The summed E-state index contributed by atoms with van der Waals surface area (Å²) in [4.78, 5) is 45.2. The number of rotatable bonds is 8. The average molecular weight is 535 g/mol. The fraction of sp³-hybridized carbons (Fsp3) is 0.679. The van der Waals surface area contributed by atoms with E-state index in [1.807, 2.05) is 32.9 Å². The third-order valence-corrected chi connectivity index (χ3v) is 7.90. The summed E-state index contributed by atoms with van der Waals surface area (Å²) in [5, 5.41) is 0. The molecule has 3 aliphatic rings. The van der Waals surface area contributed by atoms with Crippen LogP contribution in [0.5, 0.6) is 0 Å². The Morgan fingerprint density at radius 1 is 1.16 bits per heavy atom. The molecule has 38 heavy (non-hydrogen) atoms. The minimum Gasteiger partial charge on any atom is -0.369 e. The van der Waals surface area contributed by atoms with Crippen LogP contribution in [0, 0.1) is 11.3 Å². The molecule has 0 spiro atoms. The van der Waals surface area contributed by atoms with Gasteiger partial charge in [-0.1, -0.05) is 27.7 Å². The molecule has 0 radical (unpaired) electrons. The van der Waals surface area contributed by atoms with E-state index in [-0.39, 0.29) is 29.9 Å². The molecule has 0 saturated carbocycles. The van der Waals surface area contributed by atoms with Gasteiger partial charge in [-0.05, 0) is 48.6 Å². The van der Waals surface area contributed by atoms with Gasteiger partial charge in [0.25, 0.3) is 0 Å². The van der Waals surface area contributed by atoms with Gasteiger partial charge in [-0.2, -0.15) is 0 Å². The Kier molecular flexibility index (Phi) is 8.42. The fourth-order valence-corrected chi connectivity index (χ4v) is 6.09. The van der Waals surface area contributed by atoms with E-state index < -0.39 is 42.2 Å². The van der Waals surface area contributed by atoms with Crippen molar-refractivity contribution in [3.63, 3.8) is 0 Å². The lowest BCUT2D eigenvalue weighted by atomic mass is 9.79. The van der Waals surface area contributed by atoms with Crippen LogP contribution in [-0.4, -0.2) is 91.8 Å². The number of carbonyl (C=O) groups excluding carboxylic acids is 3. The highest BCUT2D eigenvalue weighted by molar-refractivity contribution is 5.99. The van der Waals surface area contributed by atoms with E-state index in [1.165, 1.54) is 4.90 Å². The Hall–Kier alpha value is -2.59. The Labute approximate surface area is 223 Å². The topological polar surface area (TPSA) is 96.2 Å². The number of fused-ring (bicyclic) bond motifs is 1. The molecule has 1 aromatic rings. The molecule has 3 aliphatic heterocycles. The van der Waals surface area contributed by atoms with E-state index >= 15 is 0 Å². The number of amides is 2. The minimum absolute atomic E-state index is 0.233. The largest absolute Gasteiger partial charge is 0.369 e. The highest BCUT2D eigenvalue weighted by Gasteiger charge is 2.56. The standard InChI is InChI=1S/C28H40F2N4O4/c1-5-8-32-9-11-33(12-10-32)17-6-7-18(26(31)36)19(13-17)20(14-28(2,3)4)27(37)34-15-21(25(29)30)24-23(34)22(35)16-38-24/h6-7,13,20-21,23-25H,5,8-12,14-16H2,1-4H3,(H2,31,36)/t20-,21-,23+,24+/m0/s1. The van der Waals surface area contributed by atoms with Crippen molar-refractivity contribution in [1.29, 1.82) is 0 Å². The number of primary amides is 1. The first-order chi connectivity index (χ1) is 17.9. The SMILES string of the molecule is CCCN1CCN(c2ccc(C(N)=O)c([C@H](CC(C)(C)C)C(=O)N3C[C@H](C(F)F)[C@H]4OCC(=O)[C@H]43)c2)CC1. The molecule has 0 aromatic heterocycles. The minimum atomic E-state index is -2.72. The number of piperazine rings is 1. The number of halogens is 2. The third-order valence-electron chi connectivity index (χ3n) is 7.90. The molecule has 4 atom stereocenters. The van der Waals surface area contributed by atoms with Crippen LogP contribution in [-0.2, 0) is 14.3 Å². The molecular formula is C28H40F2N4O4. The van der Waals surface area contributed by atoms with Gasteiger partial charge in [0.2, 0.25) is 18.2 Å². The molecule has 210 valence electrons. The van der Waals surface area contributed by atoms with E-state index in [0.717, 1.165) is 44.8 Å². The molecule has 3 heterocycles. The monoisotopic (exact) mass is 534 g/mol. The lowest BCUT2D eigenvalue weighted by molar-refractivity contribution is -0.138. The average Bonchev–Trinajstić information content (AvgIpc) is 3.42. The normalized spacial score (nSPS) is 25.2. The van der Waals surface area contributed by atoms with Crippen LogP contribution < -0.4 is 10.6 Å². The summed E-state index contributed by atoms with van der Waals surface area (Å²) in [5.41, 5.74) is 7.02. The van der Waals surface area contributed by atoms with Gasteiger partial charge in [0.05, 0.1) is 17.9 Å². The number of likely N-dealkylation sites (tertiary alicyclic amines) is 1. The molecule has 1 aromatic carbocycles. The molecule has 2 N–H and O–H groups in total. The Morgan fingerprint density at radius 3 is 2.42 bits per heavy atom. The number of hydrogen-bond acceptors (Lipinski definition) is 6. The summed E-state index contributed by atoms with van der Waals surface area (Å²) in [6, 6.07) is 4.34. The van der Waals surface area contributed by atoms with Gasteiger partial charge >= 0.3 is 0 Å². The molecule has 4 rings (SSSR count). The van der Waals surface area contributed by atoms with E-state index in [2.05, 4.69) is 16.7 Å². The zero-order chi connectivity index (χ0) is 27.8. The predicted molar refractivity (Wildman–Crippen MR) is 140 cm³/mol. The van der Waals surface area contributed by atoms with Gasteiger partial charge in [0, 0.05) is 44.0 Å². The number of ketones is 1. The molecular weight excluding hydrogens is 494 g/mol. The molecule has 0 unspecified atom stereocenters. The van der Waals surface area contributed by atoms with Crippen molar-refractivity contribution in [3.8, 4) is 0 Å². The molecule has 3 saturated heterocycles. The van der Waals surface area contributed by atoms with Crippen LogP contribution in [0.1, 0.15) is 62.4 Å². The van der Waals surface area contributed by atoms with Crippen LogP contribution in [0.3, 0.4) is 0 Å². The molecule has 8 nitrogen and oxygen atoms in total. The fourth-order valence-electron chi connectivity index (χ4n) is 6.09. The number of nitrogens with zero attached hydrogens (tertiary/aromatic N) is 3. The number of nitrogens with two attached hydrogens (primary N) is 1. The maximum Gasteiger partial charge on any atom is 0.249 e. The van der Waals surface area contributed by atoms with Crippen molar-refractivity contribution in [2.75, 3.05) is 50.8 Å². The van der Waals surface area contributed by atoms with E-state index in [9.17, 15) is 23.2 Å². The van der Waals surface area contributed by atoms with Gasteiger partial charge < -0.3 is 20.3 Å². The van der Waals surface area contributed by atoms with Crippen LogP contribution in [0.25, 0.3) is 0 Å². The van der Waals surface area contributed by atoms with Crippen molar-refractivity contribution in [2.24, 2.45) is 17.1 Å². The van der Waals surface area contributed by atoms with E-state index in [4.69, 9.17) is 10.5 Å². The van der Waals surface area contributed by atoms with Crippen LogP contribution in [0.15, 0.2) is 18.2 Å². The maximum absolute atomic E-state index is 14.2. The van der Waals surface area contributed by atoms with Gasteiger partial charge in [0.15, 0.2) is 5.78 Å². The highest BCUT2D eigenvalue weighted by Crippen LogP contribution is 2.41. The van der Waals surface area contributed by atoms with Gasteiger partial charge in [-0.3, -0.25) is 19.3 Å². The first-order valence-corrected chi connectivity index (χ1v) is 13.5. The number of Topliss-reactive ketones (excluding diaryl/α,β-unsaturated/α-hetero) is 1. The summed E-state index contributed by atoms with van der Waals surface area (Å²) < 4.78 is 33.1. The van der Waals surface area contributed by atoms with Crippen molar-refractivity contribution < 1.29 is 27.9 Å². The summed E-state index contributed by atoms with van der Waals surface area (Å²) in [7, 11) is 0. The second-order valence-electron chi connectivity index (χ2n) is 12.0. The second kappa shape index (κ2) is 11.3. The summed E-state index contributed by atoms with van der Waals surface area (Å²) in [5.74, 6) is -3.52. The van der Waals surface area contributed by atoms with E-state index in [1.54, 1.807) is 6.07 Å². The molecule has 2 amide bonds. The molecule has 0 bridgehead atoms. The predicted octanol–water partition coefficient (Wildman–Crippen LogP) is 2.90. The third kappa shape index (κ3) is 5.86. The van der Waals surface area contributed by atoms with Crippen LogP contribution in [0.4, 0.5) is 14.5 Å². The Morgan fingerprint density at radius 2 is 1.84 bits per heavy atom. The van der Waals surface area contributed by atoms with Gasteiger partial charge in [-0.15, -0.1) is 0 Å². The number of hydrogen-bond donors (Lipinski definition) is 1. The number of benzene rings is 1. The smallest absolute Gasteiger partial charge is 0.249 e. The Balaban J connectivity index is 1.71. The highest BCUT2D eigenvalue weighted by atomic mass is 19.3. The number of carbonyl (C=O) groups is 3. The molecule has 10 heteroatoms. The summed E-state index contributed by atoms with van der Waals surface area (Å²) in [6.45, 7) is 12.0. The number of ether oxygens (including phenoxy) is 1. The van der Waals surface area contributed by atoms with Gasteiger partial charge in [-0.25, -0.2) is 8.78 Å². The summed E-state index contributed by atoms with van der Waals surface area (Å²) >= 11 is 0. The Bertz CT molecular complexity index is 1050. The van der Waals surface area contributed by atoms with Crippen LogP contribution >= 0.6 is 0 Å². The quantitative estimate of drug-likeness (QED) is 0.551. The lowest BCUT2D eigenvalue weighted by Gasteiger charge is -2.37. The lowest BCUT2D eigenvalue weighted by Crippen LogP contribution is -2.46. The van der Waals surface area contributed by atoms with Gasteiger partial charge in [0.1, 0.15) is 12.6 Å². The zero-order valence-electron chi connectivity index (χ0n) is 22.8. The van der Waals surface area contributed by atoms with Crippen molar-refractivity contribution in [2.45, 2.75) is 65.0 Å². The molecule has 3 fully saturated rings. The van der Waals surface area contributed by atoms with Crippen molar-refractivity contribution in [1.82, 2.24) is 9.80 Å². The van der Waals surface area contributed by atoms with Crippen molar-refractivity contribution in [3.05, 3.63) is 29.3 Å². The number of alkyl halides is 2. The maximum atomic E-state index is 14.2. The second-order valence-corrected chi connectivity index (χ2v) is 12.0. The molecule has 0 aliphatic carbocycles. The first kappa shape index (κ1) is 28.4. The summed E-state index contributed by atoms with van der Waals surface area (Å²) in [6.07, 6.45) is -2.29. The van der Waals surface area contributed by atoms with Crippen LogP contribution in [0.2, 0.25) is 0 Å². The zero-order valence-corrected chi connectivity index (χ0v) is 22.8. The number of anilines is 1. The first-order valence-electron chi connectivity index (χ1n) is 13.5. The van der Waals surface area contributed by atoms with E-state index in [0.29, 0.717) is 12.0 Å².